The summed E-state index contributed by atoms with van der Waals surface area (Å²) in [6.45, 7) is 9.40. The van der Waals surface area contributed by atoms with Crippen molar-refractivity contribution < 1.29 is 0 Å². The minimum atomic E-state index is 0.733. The highest BCUT2D eigenvalue weighted by Crippen LogP contribution is 2.28. The van der Waals surface area contributed by atoms with Gasteiger partial charge in [-0.25, -0.2) is 0 Å². The lowest BCUT2D eigenvalue weighted by molar-refractivity contribution is 0.301. The molecule has 0 heterocycles. The van der Waals surface area contributed by atoms with Crippen LogP contribution in [0.4, 0.5) is 0 Å². The summed E-state index contributed by atoms with van der Waals surface area (Å²) in [7, 11) is 0. The molecule has 16 heavy (non-hydrogen) atoms. The summed E-state index contributed by atoms with van der Waals surface area (Å²) >= 11 is 0. The Morgan fingerprint density at radius 3 is 2.19 bits per heavy atom. The van der Waals surface area contributed by atoms with Gasteiger partial charge in [0.1, 0.15) is 0 Å². The Labute approximate surface area is 102 Å². The maximum atomic E-state index is 3.87. The maximum Gasteiger partial charge on any atom is 0.00695 e. The minimum absolute atomic E-state index is 0.733. The number of hydrogen-bond donors (Lipinski definition) is 1. The Hall–Kier alpha value is -0.0400. The molecule has 1 rings (SSSR count). The number of nitrogens with one attached hydrogen (secondary N) is 1. The Morgan fingerprint density at radius 2 is 1.69 bits per heavy atom. The zero-order valence-corrected chi connectivity index (χ0v) is 11.8. The molecule has 3 atom stereocenters. The predicted molar refractivity (Wildman–Crippen MR) is 72.7 cm³/mol. The van der Waals surface area contributed by atoms with E-state index < -0.39 is 0 Å². The van der Waals surface area contributed by atoms with Gasteiger partial charge in [0.2, 0.25) is 0 Å². The molecule has 1 N–H and O–H groups in total. The highest BCUT2D eigenvalue weighted by Gasteiger charge is 2.23. The van der Waals surface area contributed by atoms with Crippen molar-refractivity contribution in [3.8, 4) is 0 Å². The first kappa shape index (κ1) is 14.0. The molecule has 0 aromatic rings. The molecule has 3 unspecified atom stereocenters. The lowest BCUT2D eigenvalue weighted by Crippen LogP contribution is -2.40. The second-order valence-corrected chi connectivity index (χ2v) is 5.85. The van der Waals surface area contributed by atoms with Crippen LogP contribution in [-0.4, -0.2) is 12.1 Å². The van der Waals surface area contributed by atoms with Gasteiger partial charge in [0, 0.05) is 12.1 Å². The first-order valence-corrected chi connectivity index (χ1v) is 7.43. The van der Waals surface area contributed by atoms with E-state index >= 15 is 0 Å². The first-order chi connectivity index (χ1) is 7.67. The van der Waals surface area contributed by atoms with Gasteiger partial charge in [-0.2, -0.15) is 0 Å². The standard InChI is InChI=1S/C15H31N/c1-5-12(3)11-15(6-2)16-13(4)14-9-7-8-10-14/h12-16H,5-11H2,1-4H3. The van der Waals surface area contributed by atoms with Gasteiger partial charge in [0.25, 0.3) is 0 Å². The Morgan fingerprint density at radius 1 is 1.06 bits per heavy atom. The summed E-state index contributed by atoms with van der Waals surface area (Å²) in [5, 5.41) is 3.87. The minimum Gasteiger partial charge on any atom is -0.311 e. The molecule has 0 spiro atoms. The number of rotatable bonds is 7. The average molecular weight is 225 g/mol. The lowest BCUT2D eigenvalue weighted by Gasteiger charge is -2.28. The summed E-state index contributed by atoms with van der Waals surface area (Å²) in [5.41, 5.74) is 0. The molecule has 1 saturated carbocycles. The SMILES string of the molecule is CCC(C)CC(CC)NC(C)C1CCCC1. The van der Waals surface area contributed by atoms with Crippen molar-refractivity contribution in [1.82, 2.24) is 5.32 Å². The third kappa shape index (κ3) is 4.45. The summed E-state index contributed by atoms with van der Waals surface area (Å²) in [5.74, 6) is 1.82. The van der Waals surface area contributed by atoms with Crippen LogP contribution < -0.4 is 5.32 Å². The van der Waals surface area contributed by atoms with E-state index in [-0.39, 0.29) is 0 Å². The van der Waals surface area contributed by atoms with Gasteiger partial charge in [-0.15, -0.1) is 0 Å². The second-order valence-electron chi connectivity index (χ2n) is 5.85. The van der Waals surface area contributed by atoms with Crippen molar-refractivity contribution in [2.75, 3.05) is 0 Å². The molecule has 1 aliphatic rings. The third-order valence-corrected chi connectivity index (χ3v) is 4.48. The monoisotopic (exact) mass is 225 g/mol. The summed E-state index contributed by atoms with van der Waals surface area (Å²) < 4.78 is 0. The summed E-state index contributed by atoms with van der Waals surface area (Å²) in [6.07, 6.45) is 9.76. The van der Waals surface area contributed by atoms with E-state index in [4.69, 9.17) is 0 Å². The van der Waals surface area contributed by atoms with Crippen molar-refractivity contribution in [2.45, 2.75) is 84.7 Å². The molecule has 0 radical (unpaired) electrons. The molecule has 0 aromatic carbocycles. The summed E-state index contributed by atoms with van der Waals surface area (Å²) in [6, 6.07) is 1.47. The van der Waals surface area contributed by atoms with Gasteiger partial charge >= 0.3 is 0 Å². The average Bonchev–Trinajstić information content (AvgIpc) is 2.81. The molecule has 0 bridgehead atoms. The zero-order chi connectivity index (χ0) is 12.0. The molecule has 1 fully saturated rings. The highest BCUT2D eigenvalue weighted by atomic mass is 14.9. The van der Waals surface area contributed by atoms with Crippen LogP contribution in [0.5, 0.6) is 0 Å². The van der Waals surface area contributed by atoms with Crippen molar-refractivity contribution in [1.29, 1.82) is 0 Å². The smallest absolute Gasteiger partial charge is 0.00695 e. The number of hydrogen-bond acceptors (Lipinski definition) is 1. The van der Waals surface area contributed by atoms with E-state index in [2.05, 4.69) is 33.0 Å². The largest absolute Gasteiger partial charge is 0.311 e. The topological polar surface area (TPSA) is 12.0 Å². The fourth-order valence-electron chi connectivity index (χ4n) is 2.97. The molecule has 1 nitrogen and oxygen atoms in total. The van der Waals surface area contributed by atoms with Gasteiger partial charge in [-0.1, -0.05) is 40.0 Å². The predicted octanol–water partition coefficient (Wildman–Crippen LogP) is 4.37. The van der Waals surface area contributed by atoms with E-state index in [0.29, 0.717) is 0 Å². The normalized spacial score (nSPS) is 23.2. The van der Waals surface area contributed by atoms with Crippen molar-refractivity contribution in [3.05, 3.63) is 0 Å². The van der Waals surface area contributed by atoms with Crippen molar-refractivity contribution in [2.24, 2.45) is 11.8 Å². The first-order valence-electron chi connectivity index (χ1n) is 7.43. The third-order valence-electron chi connectivity index (χ3n) is 4.48. The molecular weight excluding hydrogens is 194 g/mol. The Bertz CT molecular complexity index is 172. The fourth-order valence-corrected chi connectivity index (χ4v) is 2.97. The van der Waals surface area contributed by atoms with Crippen LogP contribution >= 0.6 is 0 Å². The van der Waals surface area contributed by atoms with Crippen molar-refractivity contribution in [3.63, 3.8) is 0 Å². The van der Waals surface area contributed by atoms with Gasteiger partial charge in [0.15, 0.2) is 0 Å². The molecule has 0 aliphatic heterocycles. The van der Waals surface area contributed by atoms with Crippen LogP contribution in [0.25, 0.3) is 0 Å². The molecule has 0 saturated heterocycles. The molecule has 0 aromatic heterocycles. The van der Waals surface area contributed by atoms with E-state index in [1.807, 2.05) is 0 Å². The Balaban J connectivity index is 2.30. The highest BCUT2D eigenvalue weighted by molar-refractivity contribution is 4.80. The second kappa shape index (κ2) is 7.32. The van der Waals surface area contributed by atoms with Gasteiger partial charge in [0.05, 0.1) is 0 Å². The Kier molecular flexibility index (Phi) is 6.41. The van der Waals surface area contributed by atoms with Crippen LogP contribution in [0.2, 0.25) is 0 Å². The quantitative estimate of drug-likeness (QED) is 0.678. The molecule has 1 aliphatic carbocycles. The van der Waals surface area contributed by atoms with E-state index in [1.165, 1.54) is 44.9 Å². The zero-order valence-electron chi connectivity index (χ0n) is 11.8. The molecular formula is C15H31N. The van der Waals surface area contributed by atoms with Crippen LogP contribution in [-0.2, 0) is 0 Å². The van der Waals surface area contributed by atoms with E-state index in [9.17, 15) is 0 Å². The van der Waals surface area contributed by atoms with Gasteiger partial charge in [-0.3, -0.25) is 0 Å². The molecule has 96 valence electrons. The maximum absolute atomic E-state index is 3.87. The van der Waals surface area contributed by atoms with E-state index in [1.54, 1.807) is 0 Å². The van der Waals surface area contributed by atoms with E-state index in [0.717, 1.165) is 23.9 Å². The summed E-state index contributed by atoms with van der Waals surface area (Å²) in [4.78, 5) is 0. The van der Waals surface area contributed by atoms with Crippen LogP contribution in [0.3, 0.4) is 0 Å². The van der Waals surface area contributed by atoms with Crippen LogP contribution in [0, 0.1) is 11.8 Å². The van der Waals surface area contributed by atoms with Gasteiger partial charge in [-0.05, 0) is 44.4 Å². The molecule has 0 amide bonds. The van der Waals surface area contributed by atoms with Crippen LogP contribution in [0.15, 0.2) is 0 Å². The van der Waals surface area contributed by atoms with Crippen molar-refractivity contribution >= 4 is 0 Å². The van der Waals surface area contributed by atoms with Crippen LogP contribution in [0.1, 0.15) is 72.6 Å². The lowest BCUT2D eigenvalue weighted by atomic mass is 9.94. The fraction of sp³-hybridized carbons (Fsp3) is 1.00. The molecule has 1 heteroatoms. The van der Waals surface area contributed by atoms with Gasteiger partial charge < -0.3 is 5.32 Å².